The van der Waals surface area contributed by atoms with Crippen molar-refractivity contribution in [3.05, 3.63) is 24.4 Å². The highest BCUT2D eigenvalue weighted by molar-refractivity contribution is 6.05. The third-order valence-electron chi connectivity index (χ3n) is 5.99. The van der Waals surface area contributed by atoms with Crippen LogP contribution in [0.15, 0.2) is 24.4 Å². The summed E-state index contributed by atoms with van der Waals surface area (Å²) in [5.74, 6) is 1.11. The summed E-state index contributed by atoms with van der Waals surface area (Å²) in [5, 5.41) is 0. The molecule has 3 fully saturated rings. The number of aromatic nitrogens is 1. The minimum absolute atomic E-state index is 0.0269. The Balaban J connectivity index is 1.35. The van der Waals surface area contributed by atoms with Crippen LogP contribution in [0, 0.1) is 5.41 Å². The summed E-state index contributed by atoms with van der Waals surface area (Å²) in [7, 11) is 0. The molecule has 1 saturated carbocycles. The molecule has 2 amide bonds. The van der Waals surface area contributed by atoms with E-state index in [9.17, 15) is 9.59 Å². The number of nitrogens with zero attached hydrogens (tertiary/aromatic N) is 4. The number of piperazine rings is 1. The van der Waals surface area contributed by atoms with Crippen molar-refractivity contribution < 1.29 is 9.59 Å². The molecule has 1 aliphatic carbocycles. The molecule has 1 aromatic rings. The second-order valence-corrected chi connectivity index (χ2v) is 7.58. The van der Waals surface area contributed by atoms with E-state index in [1.165, 1.54) is 11.3 Å². The summed E-state index contributed by atoms with van der Waals surface area (Å²) < 4.78 is 0. The molecule has 0 aromatic carbocycles. The Morgan fingerprint density at radius 3 is 2.44 bits per heavy atom. The van der Waals surface area contributed by atoms with Gasteiger partial charge in [0.1, 0.15) is 5.82 Å². The van der Waals surface area contributed by atoms with Crippen molar-refractivity contribution in [1.82, 2.24) is 14.8 Å². The lowest BCUT2D eigenvalue weighted by molar-refractivity contribution is -0.144. The van der Waals surface area contributed by atoms with E-state index < -0.39 is 0 Å². The van der Waals surface area contributed by atoms with Crippen LogP contribution in [0.3, 0.4) is 0 Å². The highest BCUT2D eigenvalue weighted by atomic mass is 16.2. The van der Waals surface area contributed by atoms with E-state index in [2.05, 4.69) is 14.8 Å². The molecule has 3 aliphatic rings. The molecular weight excluding hydrogens is 316 g/mol. The van der Waals surface area contributed by atoms with Crippen molar-refractivity contribution in [2.45, 2.75) is 38.5 Å². The van der Waals surface area contributed by atoms with Crippen LogP contribution in [0.25, 0.3) is 0 Å². The van der Waals surface area contributed by atoms with Gasteiger partial charge in [0.25, 0.3) is 0 Å². The molecule has 0 unspecified atom stereocenters. The average Bonchev–Trinajstić information content (AvgIpc) is 2.88. The van der Waals surface area contributed by atoms with Gasteiger partial charge < -0.3 is 4.90 Å². The zero-order chi connectivity index (χ0) is 17.3. The van der Waals surface area contributed by atoms with Crippen molar-refractivity contribution in [3.8, 4) is 0 Å². The Morgan fingerprint density at radius 1 is 1.00 bits per heavy atom. The fraction of sp³-hybridized carbons (Fsp3) is 0.632. The van der Waals surface area contributed by atoms with Crippen molar-refractivity contribution in [3.63, 3.8) is 0 Å². The van der Waals surface area contributed by atoms with Gasteiger partial charge >= 0.3 is 0 Å². The normalized spacial score (nSPS) is 24.3. The molecule has 3 heterocycles. The Hall–Kier alpha value is -1.95. The first-order valence-corrected chi connectivity index (χ1v) is 9.41. The topological polar surface area (TPSA) is 56.8 Å². The Morgan fingerprint density at radius 2 is 1.76 bits per heavy atom. The molecule has 1 aromatic heterocycles. The molecule has 25 heavy (non-hydrogen) atoms. The van der Waals surface area contributed by atoms with Crippen LogP contribution in [0.4, 0.5) is 5.82 Å². The monoisotopic (exact) mass is 342 g/mol. The van der Waals surface area contributed by atoms with Crippen molar-refractivity contribution in [2.75, 3.05) is 37.7 Å². The largest absolute Gasteiger partial charge is 0.354 e. The minimum atomic E-state index is -0.370. The number of carbonyl (C=O) groups is 2. The first-order valence-electron chi connectivity index (χ1n) is 9.41. The van der Waals surface area contributed by atoms with Crippen molar-refractivity contribution >= 4 is 17.6 Å². The molecule has 0 atom stereocenters. The van der Waals surface area contributed by atoms with Crippen LogP contribution in [-0.4, -0.2) is 59.4 Å². The fourth-order valence-corrected chi connectivity index (χ4v) is 4.48. The van der Waals surface area contributed by atoms with Crippen LogP contribution in [-0.2, 0) is 9.59 Å². The van der Waals surface area contributed by atoms with E-state index in [4.69, 9.17) is 0 Å². The average molecular weight is 342 g/mol. The maximum absolute atomic E-state index is 12.9. The lowest BCUT2D eigenvalue weighted by Crippen LogP contribution is -2.52. The van der Waals surface area contributed by atoms with Crippen molar-refractivity contribution in [2.24, 2.45) is 5.41 Å². The zero-order valence-corrected chi connectivity index (χ0v) is 14.7. The maximum Gasteiger partial charge on any atom is 0.237 e. The number of likely N-dealkylation sites (tertiary alicyclic amines) is 1. The second kappa shape index (κ2) is 6.75. The van der Waals surface area contributed by atoms with Gasteiger partial charge in [0.05, 0.1) is 12.1 Å². The summed E-state index contributed by atoms with van der Waals surface area (Å²) in [5.41, 5.74) is -0.370. The molecule has 4 rings (SSSR count). The summed E-state index contributed by atoms with van der Waals surface area (Å²) in [6.45, 7) is 3.90. The number of hydrogen-bond acceptors (Lipinski definition) is 5. The molecule has 1 spiro atoms. The highest BCUT2D eigenvalue weighted by Crippen LogP contribution is 2.45. The molecular formula is C19H26N4O2. The number of carbonyl (C=O) groups excluding carboxylic acids is 2. The van der Waals surface area contributed by atoms with Gasteiger partial charge in [0.15, 0.2) is 0 Å². The number of hydrogen-bond donors (Lipinski definition) is 0. The molecule has 0 radical (unpaired) electrons. The Kier molecular flexibility index (Phi) is 4.46. The van der Waals surface area contributed by atoms with Gasteiger partial charge in [-0.15, -0.1) is 0 Å². The van der Waals surface area contributed by atoms with Gasteiger partial charge in [-0.3, -0.25) is 19.4 Å². The van der Waals surface area contributed by atoms with Crippen LogP contribution < -0.4 is 4.90 Å². The Labute approximate surface area is 148 Å². The Bertz CT molecular complexity index is 634. The minimum Gasteiger partial charge on any atom is -0.354 e. The standard InChI is InChI=1S/C19H26N4O2/c24-17-14-19(7-3-1-4-8-19)18(25)23(17)15-21-10-12-22(13-11-21)16-6-2-5-9-20-16/h2,5-6,9H,1,3-4,7-8,10-15H2. The predicted octanol–water partition coefficient (Wildman–Crippen LogP) is 1.87. The van der Waals surface area contributed by atoms with Crippen LogP contribution in [0.5, 0.6) is 0 Å². The van der Waals surface area contributed by atoms with E-state index in [1.807, 2.05) is 24.4 Å². The summed E-state index contributed by atoms with van der Waals surface area (Å²) >= 11 is 0. The number of rotatable bonds is 3. The number of anilines is 1. The molecule has 134 valence electrons. The smallest absolute Gasteiger partial charge is 0.237 e. The van der Waals surface area contributed by atoms with E-state index >= 15 is 0 Å². The first kappa shape index (κ1) is 16.5. The van der Waals surface area contributed by atoms with Gasteiger partial charge in [-0.25, -0.2) is 4.98 Å². The van der Waals surface area contributed by atoms with E-state index in [0.29, 0.717) is 13.1 Å². The molecule has 0 bridgehead atoms. The SMILES string of the molecule is O=C1CC2(CCCCC2)C(=O)N1CN1CCN(c2ccccn2)CC1. The summed E-state index contributed by atoms with van der Waals surface area (Å²) in [4.78, 5) is 35.8. The van der Waals surface area contributed by atoms with Crippen LogP contribution >= 0.6 is 0 Å². The molecule has 6 nitrogen and oxygen atoms in total. The van der Waals surface area contributed by atoms with E-state index in [0.717, 1.165) is 57.7 Å². The summed E-state index contributed by atoms with van der Waals surface area (Å²) in [6, 6.07) is 5.95. The molecule has 2 aliphatic heterocycles. The lowest BCUT2D eigenvalue weighted by Gasteiger charge is -2.37. The van der Waals surface area contributed by atoms with Gasteiger partial charge in [-0.05, 0) is 25.0 Å². The maximum atomic E-state index is 12.9. The van der Waals surface area contributed by atoms with Crippen molar-refractivity contribution in [1.29, 1.82) is 0 Å². The third kappa shape index (κ3) is 3.15. The fourth-order valence-electron chi connectivity index (χ4n) is 4.48. The summed E-state index contributed by atoms with van der Waals surface area (Å²) in [6.07, 6.45) is 7.37. The van der Waals surface area contributed by atoms with Crippen LogP contribution in [0.1, 0.15) is 38.5 Å². The van der Waals surface area contributed by atoms with Gasteiger partial charge in [-0.2, -0.15) is 0 Å². The number of pyridine rings is 1. The third-order valence-corrected chi connectivity index (χ3v) is 5.99. The zero-order valence-electron chi connectivity index (χ0n) is 14.7. The molecule has 0 N–H and O–H groups in total. The number of amides is 2. The van der Waals surface area contributed by atoms with E-state index in [1.54, 1.807) is 0 Å². The molecule has 2 saturated heterocycles. The van der Waals surface area contributed by atoms with Gasteiger partial charge in [-0.1, -0.05) is 25.3 Å². The van der Waals surface area contributed by atoms with Gasteiger partial charge in [0, 0.05) is 38.8 Å². The molecule has 6 heteroatoms. The second-order valence-electron chi connectivity index (χ2n) is 7.58. The predicted molar refractivity (Wildman–Crippen MR) is 94.9 cm³/mol. The lowest BCUT2D eigenvalue weighted by atomic mass is 9.73. The number of imide groups is 1. The van der Waals surface area contributed by atoms with E-state index in [-0.39, 0.29) is 17.2 Å². The quantitative estimate of drug-likeness (QED) is 0.785. The van der Waals surface area contributed by atoms with Crippen LogP contribution in [0.2, 0.25) is 0 Å². The highest BCUT2D eigenvalue weighted by Gasteiger charge is 2.51. The first-order chi connectivity index (χ1) is 12.2. The van der Waals surface area contributed by atoms with Gasteiger partial charge in [0.2, 0.25) is 11.8 Å².